The minimum atomic E-state index is -1.29. The first-order valence-electron chi connectivity index (χ1n) is 33.1. The van der Waals surface area contributed by atoms with Crippen molar-refractivity contribution in [2.24, 2.45) is 15.3 Å². The molecule has 7 rings (SSSR count). The Morgan fingerprint density at radius 3 is 1.27 bits per heavy atom. The minimum Gasteiger partial charge on any atom is -0.444 e. The summed E-state index contributed by atoms with van der Waals surface area (Å²) in [6.07, 6.45) is 16.1. The van der Waals surface area contributed by atoms with Gasteiger partial charge in [0.05, 0.1) is 83.9 Å². The predicted molar refractivity (Wildman–Crippen MR) is 395 cm³/mol. The van der Waals surface area contributed by atoms with Gasteiger partial charge < -0.3 is 49.2 Å². The van der Waals surface area contributed by atoms with E-state index in [0.717, 1.165) is 80.2 Å². The second kappa shape index (κ2) is 41.3. The summed E-state index contributed by atoms with van der Waals surface area (Å²) in [7, 11) is -3.76. The number of aromatic nitrogens is 3. The smallest absolute Gasteiger partial charge is 0.444 e. The molecule has 9 atom stereocenters. The number of likely N-dealkylation sites (tertiary alicyclic amines) is 4. The van der Waals surface area contributed by atoms with Gasteiger partial charge in [0, 0.05) is 44.8 Å². The molecule has 3 aromatic rings. The molecule has 4 aliphatic rings. The van der Waals surface area contributed by atoms with Crippen molar-refractivity contribution in [1.29, 1.82) is 0 Å². The van der Waals surface area contributed by atoms with E-state index in [1.54, 1.807) is 39.4 Å². The molecular formula is C70H120LiN11O12S4. The van der Waals surface area contributed by atoms with Crippen molar-refractivity contribution in [3.05, 3.63) is 89.3 Å². The Morgan fingerprint density at radius 2 is 0.918 bits per heavy atom. The average molecular weight is 1440 g/mol. The number of rotatable bonds is 9. The van der Waals surface area contributed by atoms with Crippen LogP contribution in [0.2, 0.25) is 0 Å². The molecule has 28 heteroatoms. The summed E-state index contributed by atoms with van der Waals surface area (Å²) < 4.78 is 63.0. The zero-order chi connectivity index (χ0) is 73.5. The Labute approximate surface area is 614 Å². The van der Waals surface area contributed by atoms with E-state index in [2.05, 4.69) is 30.3 Å². The second-order valence-electron chi connectivity index (χ2n) is 31.2. The van der Waals surface area contributed by atoms with E-state index in [9.17, 15) is 36.6 Å². The Morgan fingerprint density at radius 1 is 0.551 bits per heavy atom. The number of amides is 4. The Bertz CT molecular complexity index is 3010. The number of aldehydes is 1. The molecule has 7 heterocycles. The van der Waals surface area contributed by atoms with Gasteiger partial charge in [0.25, 0.3) is 0 Å². The van der Waals surface area contributed by atoms with Crippen LogP contribution in [-0.4, -0.2) is 171 Å². The molecule has 4 saturated heterocycles. The molecule has 0 radical (unpaired) electrons. The summed E-state index contributed by atoms with van der Waals surface area (Å²) in [4.78, 5) is 78.7. The van der Waals surface area contributed by atoms with Crippen molar-refractivity contribution < 1.29 is 74.4 Å². The van der Waals surface area contributed by atoms with Crippen LogP contribution < -0.4 is 34.5 Å². The molecule has 98 heavy (non-hydrogen) atoms. The van der Waals surface area contributed by atoms with Gasteiger partial charge in [-0.2, -0.15) is 30.0 Å². The number of pyridine rings is 3. The fourth-order valence-corrected chi connectivity index (χ4v) is 10.6. The van der Waals surface area contributed by atoms with E-state index in [4.69, 9.17) is 29.8 Å². The topological polar surface area (TPSA) is 302 Å². The number of hydrogen-bond donors (Lipinski definition) is 3. The number of nitrogens with two attached hydrogens (primary N) is 2. The maximum atomic E-state index is 12.8. The van der Waals surface area contributed by atoms with E-state index in [-0.39, 0.29) is 102 Å². The molecule has 4 fully saturated rings. The van der Waals surface area contributed by atoms with Crippen LogP contribution in [0.4, 0.5) is 19.2 Å². The quantitative estimate of drug-likeness (QED) is 0.0590. The molecule has 4 aliphatic heterocycles. The normalized spacial score (nSPS) is 19.5. The zero-order valence-electron chi connectivity index (χ0n) is 63.7. The van der Waals surface area contributed by atoms with Gasteiger partial charge in [-0.3, -0.25) is 20.0 Å². The third kappa shape index (κ3) is 35.6. The van der Waals surface area contributed by atoms with Gasteiger partial charge in [-0.25, -0.2) is 36.5 Å². The van der Waals surface area contributed by atoms with Crippen LogP contribution in [0, 0.1) is 27.0 Å². The predicted octanol–water partition coefficient (Wildman–Crippen LogP) is 9.89. The SMILES string of the molecule is CC(C)(C)OC(=O)N1CCC[C@H]1C=N[S@@](=O)C(C)(C)C.CC(C)(C)OC(=O)N1CCC[C@H]1C=O.CC(C)(C)[S@@](N)=O.Cc1cc[c-]nc1.Cc1ccc(C(N)[C@@H]2CCCN2C(=O)OC(C)(C)C)nc1.Cc1ccc(C(N[S@@](=O)C(C)(C)C)[C@@H]2CCCN2C(=O)OC(C)(C)C)nc1.S.[Li+]. The average Bonchev–Trinajstić information content (AvgIpc) is 1.57. The number of ether oxygens (including phenoxy) is 4. The molecule has 3 aromatic heterocycles. The maximum Gasteiger partial charge on any atom is 1.00 e. The molecule has 23 nitrogen and oxygen atoms in total. The van der Waals surface area contributed by atoms with Gasteiger partial charge >= 0.3 is 43.2 Å². The third-order valence-corrected chi connectivity index (χ3v) is 18.4. The molecule has 5 N–H and O–H groups in total. The molecule has 0 aromatic carbocycles. The Kier molecular flexibility index (Phi) is 39.3. The van der Waals surface area contributed by atoms with E-state index < -0.39 is 60.1 Å². The molecule has 0 saturated carbocycles. The van der Waals surface area contributed by atoms with Crippen molar-refractivity contribution >= 4 is 83.3 Å². The van der Waals surface area contributed by atoms with Crippen LogP contribution in [0.1, 0.15) is 237 Å². The molecule has 4 amide bonds. The molecule has 0 aliphatic carbocycles. The van der Waals surface area contributed by atoms with Crippen LogP contribution in [0.15, 0.2) is 59.4 Å². The minimum absolute atomic E-state index is 0. The van der Waals surface area contributed by atoms with Crippen molar-refractivity contribution in [3.63, 3.8) is 0 Å². The first kappa shape index (κ1) is 93.1. The summed E-state index contributed by atoms with van der Waals surface area (Å²) in [6, 6.07) is 10.4. The largest absolute Gasteiger partial charge is 1.00 e. The summed E-state index contributed by atoms with van der Waals surface area (Å²) in [5, 5.41) is 5.04. The van der Waals surface area contributed by atoms with Gasteiger partial charge in [-0.15, -0.1) is 5.56 Å². The number of aryl methyl sites for hydroxylation is 3. The molecule has 0 spiro atoms. The summed E-state index contributed by atoms with van der Waals surface area (Å²) >= 11 is 0. The van der Waals surface area contributed by atoms with Crippen molar-refractivity contribution in [1.82, 2.24) is 39.3 Å². The summed E-state index contributed by atoms with van der Waals surface area (Å²) in [5.74, 6) is 0. The van der Waals surface area contributed by atoms with Crippen LogP contribution >= 0.6 is 13.5 Å². The third-order valence-electron chi connectivity index (χ3n) is 14.2. The Balaban J connectivity index is 0.00000121. The maximum absolute atomic E-state index is 12.8. The van der Waals surface area contributed by atoms with Gasteiger partial charge in [-0.1, -0.05) is 31.5 Å². The summed E-state index contributed by atoms with van der Waals surface area (Å²) in [6.45, 7) is 47.7. The van der Waals surface area contributed by atoms with Crippen LogP contribution in [0.3, 0.4) is 0 Å². The van der Waals surface area contributed by atoms with E-state index >= 15 is 0 Å². The first-order valence-corrected chi connectivity index (χ1v) is 36.5. The molecular weight excluding hydrogens is 1320 g/mol. The standard InChI is InChI=1S/C20H33N3O3S.C16H25N3O2.C14H26N2O3S.C10H17NO3.C6H6N.C4H11NOS.Li.H2S/c1-14-10-11-15(21-13-14)17(22-27(25)20(5,6)7)16-9-8-12-23(16)18(24)26-19(2,3)4;1-11-7-8-12(18-10-11)14(17)13-6-5-9-19(13)15(20)21-16(2,3)4;1-13(2,3)19-12(17)16-9-7-8-11(16)10-15-20(18)14(4,5)6;1-10(2,3)14-9(13)11-6-4-5-8(11)7-12;1-6-3-2-4-7-5-6;1-4(2,3)7(5)6;;/h10-11,13,16-17,22H,8-9,12H2,1-7H3;7-8,10,13-14H,5-6,9,17H2,1-4H3;10-11H,7-9H2,1-6H3;7-8H,4-6H2,1-3H3;2-3,5H,1H3;5H2,1-3H3;;1H2/q;;;;-1;;+1;/t16-,17?,27-;13-,14?;11-,20-;8-;;7-;;/m0000.0../s1. The van der Waals surface area contributed by atoms with E-state index in [0.29, 0.717) is 26.2 Å². The van der Waals surface area contributed by atoms with E-state index in [1.165, 1.54) is 10.5 Å². The molecule has 0 bridgehead atoms. The molecule has 552 valence electrons. The van der Waals surface area contributed by atoms with Crippen LogP contribution in [0.25, 0.3) is 0 Å². The van der Waals surface area contributed by atoms with Gasteiger partial charge in [0.1, 0.15) is 39.7 Å². The van der Waals surface area contributed by atoms with Crippen molar-refractivity contribution in [2.45, 2.75) is 290 Å². The molecule has 2 unspecified atom stereocenters. The van der Waals surface area contributed by atoms with Gasteiger partial charge in [-0.05, 0) is 234 Å². The zero-order valence-corrected chi connectivity index (χ0v) is 67.1. The monoisotopic (exact) mass is 1440 g/mol. The number of carbonyl (C=O) groups excluding carboxylic acids is 5. The number of hydrogen-bond acceptors (Lipinski definition) is 16. The fourth-order valence-electron chi connectivity index (χ4n) is 9.22. The fraction of sp³-hybridized carbons (Fsp3) is 0.700. The van der Waals surface area contributed by atoms with E-state index in [1.807, 2.05) is 203 Å². The van der Waals surface area contributed by atoms with Crippen LogP contribution in [0.5, 0.6) is 0 Å². The van der Waals surface area contributed by atoms with Crippen LogP contribution in [-0.2, 0) is 56.7 Å². The summed E-state index contributed by atoms with van der Waals surface area (Å²) in [5.41, 5.74) is 9.24. The second-order valence-corrected chi connectivity index (χ2v) is 36.9. The van der Waals surface area contributed by atoms with Crippen molar-refractivity contribution in [3.8, 4) is 0 Å². The number of nitrogens with zero attached hydrogens (tertiary/aromatic N) is 8. The number of carbonyl (C=O) groups is 5. The Hall–Kier alpha value is -4.85. The van der Waals surface area contributed by atoms with Gasteiger partial charge in [0.15, 0.2) is 0 Å². The van der Waals surface area contributed by atoms with Crippen molar-refractivity contribution in [2.75, 3.05) is 26.2 Å². The first-order chi connectivity index (χ1) is 43.9. The van der Waals surface area contributed by atoms with Gasteiger partial charge in [0.2, 0.25) is 0 Å². The number of nitrogens with one attached hydrogen (secondary N) is 1.